The van der Waals surface area contributed by atoms with E-state index in [-0.39, 0.29) is 24.4 Å². The second-order valence-corrected chi connectivity index (χ2v) is 6.31. The Balaban J connectivity index is 2.01. The summed E-state index contributed by atoms with van der Waals surface area (Å²) in [5.41, 5.74) is 0.944. The Kier molecular flexibility index (Phi) is 6.06. The van der Waals surface area contributed by atoms with Crippen molar-refractivity contribution in [1.29, 1.82) is 0 Å². The lowest BCUT2D eigenvalue weighted by Crippen LogP contribution is -2.44. The van der Waals surface area contributed by atoms with Crippen molar-refractivity contribution < 1.29 is 19.1 Å². The zero-order valence-corrected chi connectivity index (χ0v) is 14.8. The Labute approximate surface area is 143 Å². The first-order chi connectivity index (χ1) is 11.4. The van der Waals surface area contributed by atoms with E-state index in [2.05, 4.69) is 0 Å². The van der Waals surface area contributed by atoms with E-state index in [9.17, 15) is 9.59 Å². The average Bonchev–Trinajstić information content (AvgIpc) is 2.90. The molecule has 2 amide bonds. The van der Waals surface area contributed by atoms with Crippen LogP contribution in [0.1, 0.15) is 26.3 Å². The number of carbonyl (C=O) groups excluding carboxylic acids is 2. The molecule has 1 aliphatic rings. The van der Waals surface area contributed by atoms with Gasteiger partial charge in [0.2, 0.25) is 5.91 Å². The molecular formula is C18H26N2O4. The Hall–Kier alpha value is -2.24. The molecule has 0 spiro atoms. The highest BCUT2D eigenvalue weighted by Crippen LogP contribution is 2.21. The molecule has 1 heterocycles. The molecule has 1 atom stereocenters. The largest absolute Gasteiger partial charge is 0.494 e. The first-order valence-electron chi connectivity index (χ1n) is 8.32. The third kappa shape index (κ3) is 4.19. The van der Waals surface area contributed by atoms with Gasteiger partial charge in [0.15, 0.2) is 0 Å². The quantitative estimate of drug-likeness (QED) is 0.769. The first kappa shape index (κ1) is 18.1. The molecule has 0 saturated carbocycles. The highest BCUT2D eigenvalue weighted by molar-refractivity contribution is 5.83. The minimum absolute atomic E-state index is 0.0367. The Morgan fingerprint density at radius 1 is 1.42 bits per heavy atom. The Morgan fingerprint density at radius 3 is 2.79 bits per heavy atom. The van der Waals surface area contributed by atoms with Gasteiger partial charge in [0.1, 0.15) is 18.9 Å². The van der Waals surface area contributed by atoms with Crippen LogP contribution in [0.3, 0.4) is 0 Å². The first-order valence-corrected chi connectivity index (χ1v) is 8.32. The van der Waals surface area contributed by atoms with E-state index in [1.807, 2.05) is 45.0 Å². The van der Waals surface area contributed by atoms with Crippen molar-refractivity contribution in [3.8, 4) is 5.75 Å². The average molecular weight is 334 g/mol. The predicted molar refractivity (Wildman–Crippen MR) is 90.8 cm³/mol. The van der Waals surface area contributed by atoms with Gasteiger partial charge >= 0.3 is 6.09 Å². The summed E-state index contributed by atoms with van der Waals surface area (Å²) in [4.78, 5) is 27.5. The SMILES string of the molecule is CCOc1ccccc1CN(C)C(=O)CN1C(=O)OC[C@@H]1C(C)C. The lowest BCUT2D eigenvalue weighted by atomic mass is 10.0. The molecule has 1 aromatic rings. The number of benzene rings is 1. The van der Waals surface area contributed by atoms with E-state index in [0.717, 1.165) is 11.3 Å². The maximum Gasteiger partial charge on any atom is 0.410 e. The number of carbonyl (C=O) groups is 2. The fourth-order valence-electron chi connectivity index (χ4n) is 2.74. The van der Waals surface area contributed by atoms with Crippen LogP contribution in [0.15, 0.2) is 24.3 Å². The van der Waals surface area contributed by atoms with Crippen LogP contribution in [-0.4, -0.2) is 54.6 Å². The summed E-state index contributed by atoms with van der Waals surface area (Å²) in [6, 6.07) is 7.61. The number of likely N-dealkylation sites (N-methyl/N-ethyl adjacent to an activating group) is 1. The van der Waals surface area contributed by atoms with Gasteiger partial charge in [-0.15, -0.1) is 0 Å². The Bertz CT molecular complexity index is 588. The number of amides is 2. The van der Waals surface area contributed by atoms with Crippen molar-refractivity contribution in [2.45, 2.75) is 33.4 Å². The van der Waals surface area contributed by atoms with Gasteiger partial charge in [-0.1, -0.05) is 32.0 Å². The third-order valence-corrected chi connectivity index (χ3v) is 4.19. The second kappa shape index (κ2) is 8.04. The molecule has 24 heavy (non-hydrogen) atoms. The number of rotatable bonds is 7. The number of para-hydroxylation sites is 1. The van der Waals surface area contributed by atoms with Crippen molar-refractivity contribution >= 4 is 12.0 Å². The van der Waals surface area contributed by atoms with E-state index in [1.165, 1.54) is 4.90 Å². The molecule has 0 radical (unpaired) electrons. The molecule has 0 N–H and O–H groups in total. The maximum atomic E-state index is 12.5. The number of ether oxygens (including phenoxy) is 2. The molecule has 1 aromatic carbocycles. The van der Waals surface area contributed by atoms with Gasteiger partial charge in [-0.25, -0.2) is 4.79 Å². The zero-order chi connectivity index (χ0) is 17.7. The molecule has 1 saturated heterocycles. The van der Waals surface area contributed by atoms with Crippen molar-refractivity contribution in [3.63, 3.8) is 0 Å². The van der Waals surface area contributed by atoms with Gasteiger partial charge < -0.3 is 14.4 Å². The topological polar surface area (TPSA) is 59.1 Å². The summed E-state index contributed by atoms with van der Waals surface area (Å²) in [7, 11) is 1.73. The standard InChI is InChI=1S/C18H26N2O4/c1-5-23-16-9-7-6-8-14(16)10-19(4)17(21)11-20-15(13(2)3)12-24-18(20)22/h6-9,13,15H,5,10-12H2,1-4H3/t15-/m1/s1. The Morgan fingerprint density at radius 2 is 2.12 bits per heavy atom. The summed E-state index contributed by atoms with van der Waals surface area (Å²) < 4.78 is 10.7. The van der Waals surface area contributed by atoms with E-state index in [0.29, 0.717) is 19.8 Å². The summed E-state index contributed by atoms with van der Waals surface area (Å²) in [5.74, 6) is 0.902. The van der Waals surface area contributed by atoms with Crippen LogP contribution in [0.25, 0.3) is 0 Å². The van der Waals surface area contributed by atoms with Crippen LogP contribution in [0.4, 0.5) is 4.79 Å². The molecule has 6 nitrogen and oxygen atoms in total. The van der Waals surface area contributed by atoms with Gasteiger partial charge in [-0.3, -0.25) is 9.69 Å². The van der Waals surface area contributed by atoms with Gasteiger partial charge in [0.05, 0.1) is 12.6 Å². The van der Waals surface area contributed by atoms with Crippen molar-refractivity contribution in [3.05, 3.63) is 29.8 Å². The molecule has 0 bridgehead atoms. The van der Waals surface area contributed by atoms with Crippen LogP contribution in [-0.2, 0) is 16.1 Å². The zero-order valence-electron chi connectivity index (χ0n) is 14.8. The molecule has 0 aromatic heterocycles. The summed E-state index contributed by atoms with van der Waals surface area (Å²) in [6.45, 7) is 7.36. The van der Waals surface area contributed by atoms with Gasteiger partial charge in [-0.05, 0) is 18.9 Å². The molecule has 1 fully saturated rings. The van der Waals surface area contributed by atoms with Gasteiger partial charge in [0, 0.05) is 19.2 Å². The van der Waals surface area contributed by atoms with E-state index >= 15 is 0 Å². The highest BCUT2D eigenvalue weighted by atomic mass is 16.6. The summed E-state index contributed by atoms with van der Waals surface area (Å²) >= 11 is 0. The fourth-order valence-corrected chi connectivity index (χ4v) is 2.74. The lowest BCUT2D eigenvalue weighted by molar-refractivity contribution is -0.131. The monoisotopic (exact) mass is 334 g/mol. The molecular weight excluding hydrogens is 308 g/mol. The van der Waals surface area contributed by atoms with Gasteiger partial charge in [-0.2, -0.15) is 0 Å². The molecule has 2 rings (SSSR count). The summed E-state index contributed by atoms with van der Waals surface area (Å²) in [5, 5.41) is 0. The number of nitrogens with zero attached hydrogens (tertiary/aromatic N) is 2. The smallest absolute Gasteiger partial charge is 0.410 e. The molecule has 1 aliphatic heterocycles. The van der Waals surface area contributed by atoms with Crippen LogP contribution in [0, 0.1) is 5.92 Å². The minimum Gasteiger partial charge on any atom is -0.494 e. The number of cyclic esters (lactones) is 1. The number of hydrogen-bond donors (Lipinski definition) is 0. The second-order valence-electron chi connectivity index (χ2n) is 6.31. The molecule has 6 heteroatoms. The third-order valence-electron chi connectivity index (χ3n) is 4.19. The fraction of sp³-hybridized carbons (Fsp3) is 0.556. The van der Waals surface area contributed by atoms with Crippen molar-refractivity contribution in [2.24, 2.45) is 5.92 Å². The predicted octanol–water partition coefficient (Wildman–Crippen LogP) is 2.52. The molecule has 0 unspecified atom stereocenters. The van der Waals surface area contributed by atoms with Crippen LogP contribution in [0.2, 0.25) is 0 Å². The van der Waals surface area contributed by atoms with Crippen LogP contribution < -0.4 is 4.74 Å². The normalized spacial score (nSPS) is 17.1. The van der Waals surface area contributed by atoms with E-state index in [1.54, 1.807) is 11.9 Å². The van der Waals surface area contributed by atoms with Gasteiger partial charge in [0.25, 0.3) is 0 Å². The van der Waals surface area contributed by atoms with Crippen LogP contribution in [0.5, 0.6) is 5.75 Å². The summed E-state index contributed by atoms with van der Waals surface area (Å²) in [6.07, 6.45) is -0.412. The van der Waals surface area contributed by atoms with Crippen molar-refractivity contribution in [2.75, 3.05) is 26.8 Å². The minimum atomic E-state index is -0.412. The maximum absolute atomic E-state index is 12.5. The van der Waals surface area contributed by atoms with Crippen molar-refractivity contribution in [1.82, 2.24) is 9.80 Å². The highest BCUT2D eigenvalue weighted by Gasteiger charge is 2.36. The lowest BCUT2D eigenvalue weighted by Gasteiger charge is -2.26. The number of hydrogen-bond acceptors (Lipinski definition) is 4. The van der Waals surface area contributed by atoms with E-state index in [4.69, 9.17) is 9.47 Å². The molecule has 0 aliphatic carbocycles. The van der Waals surface area contributed by atoms with E-state index < -0.39 is 6.09 Å². The molecule has 132 valence electrons. The van der Waals surface area contributed by atoms with Crippen LogP contribution >= 0.6 is 0 Å².